The van der Waals surface area contributed by atoms with Crippen LogP contribution in [0.25, 0.3) is 10.9 Å². The first kappa shape index (κ1) is 17.1. The Morgan fingerprint density at radius 2 is 1.96 bits per heavy atom. The molecule has 0 aliphatic carbocycles. The summed E-state index contributed by atoms with van der Waals surface area (Å²) in [6.45, 7) is 1.22. The number of likely N-dealkylation sites (tertiary alicyclic amines) is 1. The number of aromatic nitrogens is 4. The molecule has 0 radical (unpaired) electrons. The molecular weight excluding hydrogens is 346 g/mol. The second-order valence-corrected chi connectivity index (χ2v) is 6.51. The largest absolute Gasteiger partial charge is 0.467 e. The molecule has 1 aliphatic heterocycles. The molecule has 3 aromatic rings. The van der Waals surface area contributed by atoms with Gasteiger partial charge in [0.15, 0.2) is 0 Å². The van der Waals surface area contributed by atoms with Gasteiger partial charge in [-0.1, -0.05) is 0 Å². The molecule has 8 nitrogen and oxygen atoms in total. The van der Waals surface area contributed by atoms with Gasteiger partial charge in [0.1, 0.15) is 0 Å². The first-order valence-corrected chi connectivity index (χ1v) is 8.79. The minimum absolute atomic E-state index is 0.0928. The summed E-state index contributed by atoms with van der Waals surface area (Å²) in [7, 11) is 1.48. The first-order chi connectivity index (χ1) is 13.2. The average molecular weight is 365 g/mol. The number of carbonyl (C=O) groups is 1. The molecule has 1 aliphatic rings. The summed E-state index contributed by atoms with van der Waals surface area (Å²) in [5.74, 6) is 0.102. The molecule has 0 unspecified atom stereocenters. The second kappa shape index (κ2) is 7.14. The maximum absolute atomic E-state index is 12.6. The number of ether oxygens (including phenoxy) is 1. The van der Waals surface area contributed by atoms with Crippen LogP contribution in [-0.4, -0.2) is 50.9 Å². The van der Waals surface area contributed by atoms with E-state index in [2.05, 4.69) is 19.9 Å². The third-order valence-electron chi connectivity index (χ3n) is 4.91. The maximum Gasteiger partial charge on any atom is 0.316 e. The van der Waals surface area contributed by atoms with E-state index < -0.39 is 0 Å². The lowest BCUT2D eigenvalue weighted by Crippen LogP contribution is -2.38. The van der Waals surface area contributed by atoms with Gasteiger partial charge in [0.05, 0.1) is 23.6 Å². The predicted octanol–water partition coefficient (Wildman–Crippen LogP) is 1.74. The molecule has 0 aromatic carbocycles. The fourth-order valence-electron chi connectivity index (χ4n) is 3.43. The van der Waals surface area contributed by atoms with Crippen LogP contribution in [-0.2, 0) is 0 Å². The fraction of sp³-hybridized carbons (Fsp3) is 0.316. The Morgan fingerprint density at radius 1 is 1.22 bits per heavy atom. The van der Waals surface area contributed by atoms with E-state index in [0.717, 1.165) is 18.5 Å². The molecule has 1 amide bonds. The molecule has 0 bridgehead atoms. The van der Waals surface area contributed by atoms with Gasteiger partial charge in [-0.3, -0.25) is 14.6 Å². The van der Waals surface area contributed by atoms with Crippen molar-refractivity contribution < 1.29 is 9.53 Å². The molecule has 0 atom stereocenters. The monoisotopic (exact) mass is 365 g/mol. The van der Waals surface area contributed by atoms with Crippen LogP contribution in [0.1, 0.15) is 34.8 Å². The zero-order valence-corrected chi connectivity index (χ0v) is 14.9. The summed E-state index contributed by atoms with van der Waals surface area (Å²) in [6, 6.07) is 5.70. The van der Waals surface area contributed by atoms with E-state index in [4.69, 9.17) is 4.74 Å². The summed E-state index contributed by atoms with van der Waals surface area (Å²) >= 11 is 0. The Bertz CT molecular complexity index is 1020. The van der Waals surface area contributed by atoms with Gasteiger partial charge in [-0.05, 0) is 31.0 Å². The van der Waals surface area contributed by atoms with Crippen molar-refractivity contribution >= 4 is 16.8 Å². The standard InChI is InChI=1S/C19H19N5O3/c1-27-19-21-10-13(11-22-19)18(26)24-7-4-12(5-8-24)15-9-16-14(17(25)23-15)3-2-6-20-16/h2-3,6,9-12H,4-5,7-8H2,1H3,(H,23,25). The topological polar surface area (TPSA) is 101 Å². The van der Waals surface area contributed by atoms with Crippen LogP contribution in [0.15, 0.2) is 41.6 Å². The van der Waals surface area contributed by atoms with Crippen molar-refractivity contribution in [1.29, 1.82) is 0 Å². The number of carbonyl (C=O) groups excluding carboxylic acids is 1. The van der Waals surface area contributed by atoms with Crippen molar-refractivity contribution in [3.8, 4) is 6.01 Å². The van der Waals surface area contributed by atoms with Crippen LogP contribution >= 0.6 is 0 Å². The molecule has 1 N–H and O–H groups in total. The Labute approximate surface area is 155 Å². The van der Waals surface area contributed by atoms with Gasteiger partial charge >= 0.3 is 6.01 Å². The Morgan fingerprint density at radius 3 is 2.67 bits per heavy atom. The van der Waals surface area contributed by atoms with Crippen LogP contribution < -0.4 is 10.3 Å². The van der Waals surface area contributed by atoms with Crippen LogP contribution in [0.3, 0.4) is 0 Å². The molecule has 138 valence electrons. The Hall–Kier alpha value is -3.29. The summed E-state index contributed by atoms with van der Waals surface area (Å²) in [6.07, 6.45) is 6.19. The summed E-state index contributed by atoms with van der Waals surface area (Å²) in [5, 5.41) is 0.591. The molecule has 4 rings (SSSR count). The van der Waals surface area contributed by atoms with Gasteiger partial charge in [-0.2, -0.15) is 0 Å². The Kier molecular flexibility index (Phi) is 4.53. The third kappa shape index (κ3) is 3.38. The van der Waals surface area contributed by atoms with E-state index in [1.807, 2.05) is 6.07 Å². The van der Waals surface area contributed by atoms with Crippen LogP contribution in [0, 0.1) is 0 Å². The average Bonchev–Trinajstić information content (AvgIpc) is 2.73. The van der Waals surface area contributed by atoms with Crippen LogP contribution in [0.2, 0.25) is 0 Å². The fourth-order valence-corrected chi connectivity index (χ4v) is 3.43. The highest BCUT2D eigenvalue weighted by Crippen LogP contribution is 2.28. The lowest BCUT2D eigenvalue weighted by molar-refractivity contribution is 0.0711. The SMILES string of the molecule is COc1ncc(C(=O)N2CCC(c3cc4ncccc4c(=O)[nH]3)CC2)cn1. The molecule has 0 saturated carbocycles. The van der Waals surface area contributed by atoms with Crippen molar-refractivity contribution in [1.82, 2.24) is 24.8 Å². The lowest BCUT2D eigenvalue weighted by atomic mass is 9.92. The number of piperidine rings is 1. The third-order valence-corrected chi connectivity index (χ3v) is 4.91. The highest BCUT2D eigenvalue weighted by atomic mass is 16.5. The number of H-pyrrole nitrogens is 1. The predicted molar refractivity (Wildman–Crippen MR) is 98.8 cm³/mol. The van der Waals surface area contributed by atoms with Gasteiger partial charge in [0, 0.05) is 43.3 Å². The molecule has 1 fully saturated rings. The molecule has 3 aromatic heterocycles. The summed E-state index contributed by atoms with van der Waals surface area (Å²) in [5.41, 5.74) is 1.90. The highest BCUT2D eigenvalue weighted by Gasteiger charge is 2.26. The molecule has 1 saturated heterocycles. The van der Waals surface area contributed by atoms with Gasteiger partial charge in [0.25, 0.3) is 11.5 Å². The maximum atomic E-state index is 12.6. The number of nitrogens with zero attached hydrogens (tertiary/aromatic N) is 4. The number of nitrogens with one attached hydrogen (secondary N) is 1. The van der Waals surface area contributed by atoms with Crippen molar-refractivity contribution in [2.75, 3.05) is 20.2 Å². The van der Waals surface area contributed by atoms with Crippen molar-refractivity contribution in [3.05, 3.63) is 58.4 Å². The number of hydrogen-bond acceptors (Lipinski definition) is 6. The lowest BCUT2D eigenvalue weighted by Gasteiger charge is -2.32. The number of methoxy groups -OCH3 is 1. The van der Waals surface area contributed by atoms with E-state index in [1.165, 1.54) is 19.5 Å². The zero-order valence-electron chi connectivity index (χ0n) is 14.9. The smallest absolute Gasteiger partial charge is 0.316 e. The minimum Gasteiger partial charge on any atom is -0.467 e. The van der Waals surface area contributed by atoms with Crippen molar-refractivity contribution in [2.45, 2.75) is 18.8 Å². The minimum atomic E-state index is -0.121. The number of hydrogen-bond donors (Lipinski definition) is 1. The molecule has 27 heavy (non-hydrogen) atoms. The van der Waals surface area contributed by atoms with Gasteiger partial charge < -0.3 is 14.6 Å². The normalized spacial score (nSPS) is 15.1. The van der Waals surface area contributed by atoms with Crippen LogP contribution in [0.4, 0.5) is 0 Å². The summed E-state index contributed by atoms with van der Waals surface area (Å²) in [4.78, 5) is 41.9. The molecule has 8 heteroatoms. The molecule has 0 spiro atoms. The number of pyridine rings is 2. The summed E-state index contributed by atoms with van der Waals surface area (Å²) < 4.78 is 4.92. The van der Waals surface area contributed by atoms with E-state index in [1.54, 1.807) is 23.2 Å². The molecular formula is C19H19N5O3. The quantitative estimate of drug-likeness (QED) is 0.759. The zero-order chi connectivity index (χ0) is 18.8. The molecule has 4 heterocycles. The van der Waals surface area contributed by atoms with E-state index >= 15 is 0 Å². The van der Waals surface area contributed by atoms with Crippen molar-refractivity contribution in [3.63, 3.8) is 0 Å². The van der Waals surface area contributed by atoms with Crippen LogP contribution in [0.5, 0.6) is 6.01 Å². The van der Waals surface area contributed by atoms with Crippen molar-refractivity contribution in [2.24, 2.45) is 0 Å². The van der Waals surface area contributed by atoms with E-state index in [0.29, 0.717) is 29.6 Å². The van der Waals surface area contributed by atoms with Gasteiger partial charge in [0.2, 0.25) is 0 Å². The number of fused-ring (bicyclic) bond motifs is 1. The van der Waals surface area contributed by atoms with Gasteiger partial charge in [-0.25, -0.2) is 9.97 Å². The van der Waals surface area contributed by atoms with E-state index in [-0.39, 0.29) is 23.4 Å². The van der Waals surface area contributed by atoms with Gasteiger partial charge in [-0.15, -0.1) is 0 Å². The first-order valence-electron chi connectivity index (χ1n) is 8.79. The number of rotatable bonds is 3. The highest BCUT2D eigenvalue weighted by molar-refractivity contribution is 5.93. The Balaban J connectivity index is 1.47. The second-order valence-electron chi connectivity index (χ2n) is 6.51. The number of aromatic amines is 1. The number of amides is 1. The van der Waals surface area contributed by atoms with E-state index in [9.17, 15) is 9.59 Å².